The van der Waals surface area contributed by atoms with Crippen LogP contribution in [-0.2, 0) is 16.1 Å². The van der Waals surface area contributed by atoms with Crippen molar-refractivity contribution in [3.05, 3.63) is 36.3 Å². The van der Waals surface area contributed by atoms with Crippen molar-refractivity contribution in [3.63, 3.8) is 0 Å². The van der Waals surface area contributed by atoms with E-state index in [0.29, 0.717) is 38.6 Å². The molecule has 0 aliphatic carbocycles. The lowest BCUT2D eigenvalue weighted by atomic mass is 10.1. The van der Waals surface area contributed by atoms with Gasteiger partial charge in [0.2, 0.25) is 5.91 Å². The fourth-order valence-corrected chi connectivity index (χ4v) is 3.79. The number of methoxy groups -OCH3 is 2. The minimum atomic E-state index is 0.00772. The molecule has 0 saturated carbocycles. The molecule has 0 bridgehead atoms. The summed E-state index contributed by atoms with van der Waals surface area (Å²) in [6.45, 7) is 6.96. The van der Waals surface area contributed by atoms with E-state index in [1.54, 1.807) is 25.1 Å². The van der Waals surface area contributed by atoms with Crippen molar-refractivity contribution in [1.82, 2.24) is 24.6 Å². The number of fused-ring (bicyclic) bond motifs is 1. The van der Waals surface area contributed by atoms with Crippen LogP contribution in [0, 0.1) is 5.92 Å². The van der Waals surface area contributed by atoms with E-state index in [9.17, 15) is 4.79 Å². The van der Waals surface area contributed by atoms with Crippen LogP contribution in [0.25, 0.3) is 16.7 Å². The lowest BCUT2D eigenvalue weighted by Gasteiger charge is -2.36. The van der Waals surface area contributed by atoms with Crippen LogP contribution in [-0.4, -0.2) is 71.0 Å². The van der Waals surface area contributed by atoms with Crippen LogP contribution in [0.4, 0.5) is 5.82 Å². The SMILES string of the molecule is COCc1nc(N2CCN(C(=O)C(C)C)CC2)c2cnn(-c3ccc(OC)cc3)c2n1. The topological polar surface area (TPSA) is 85.6 Å². The van der Waals surface area contributed by atoms with Gasteiger partial charge in [-0.3, -0.25) is 4.79 Å². The first-order valence-electron chi connectivity index (χ1n) is 10.4. The van der Waals surface area contributed by atoms with Crippen LogP contribution in [0.1, 0.15) is 19.7 Å². The van der Waals surface area contributed by atoms with Gasteiger partial charge in [-0.15, -0.1) is 0 Å². The first kappa shape index (κ1) is 21.0. The zero-order valence-corrected chi connectivity index (χ0v) is 18.4. The van der Waals surface area contributed by atoms with Gasteiger partial charge in [-0.25, -0.2) is 14.6 Å². The highest BCUT2D eigenvalue weighted by Crippen LogP contribution is 2.27. The first-order chi connectivity index (χ1) is 15.0. The van der Waals surface area contributed by atoms with Crippen LogP contribution in [0.2, 0.25) is 0 Å². The van der Waals surface area contributed by atoms with Gasteiger partial charge in [0, 0.05) is 39.2 Å². The molecule has 3 heterocycles. The Morgan fingerprint density at radius 3 is 2.39 bits per heavy atom. The number of piperazine rings is 1. The Bertz CT molecular complexity index is 1060. The Labute approximate surface area is 181 Å². The van der Waals surface area contributed by atoms with Crippen molar-refractivity contribution in [3.8, 4) is 11.4 Å². The highest BCUT2D eigenvalue weighted by molar-refractivity contribution is 5.88. The van der Waals surface area contributed by atoms with Crippen molar-refractivity contribution in [1.29, 1.82) is 0 Å². The number of rotatable bonds is 6. The molecule has 0 radical (unpaired) electrons. The highest BCUT2D eigenvalue weighted by atomic mass is 16.5. The molecule has 1 aromatic carbocycles. The van der Waals surface area contributed by atoms with Crippen molar-refractivity contribution in [2.75, 3.05) is 45.3 Å². The van der Waals surface area contributed by atoms with Crippen LogP contribution >= 0.6 is 0 Å². The summed E-state index contributed by atoms with van der Waals surface area (Å²) in [5.41, 5.74) is 1.61. The third-order valence-electron chi connectivity index (χ3n) is 5.43. The molecule has 0 atom stereocenters. The second-order valence-electron chi connectivity index (χ2n) is 7.86. The summed E-state index contributed by atoms with van der Waals surface area (Å²) >= 11 is 0. The summed E-state index contributed by atoms with van der Waals surface area (Å²) in [5, 5.41) is 5.46. The molecule has 1 saturated heterocycles. The molecule has 9 heteroatoms. The summed E-state index contributed by atoms with van der Waals surface area (Å²) in [6.07, 6.45) is 1.80. The average Bonchev–Trinajstić information content (AvgIpc) is 3.22. The third kappa shape index (κ3) is 4.18. The van der Waals surface area contributed by atoms with Gasteiger partial charge in [-0.2, -0.15) is 5.10 Å². The summed E-state index contributed by atoms with van der Waals surface area (Å²) < 4.78 is 12.4. The Hall–Kier alpha value is -3.20. The van der Waals surface area contributed by atoms with Gasteiger partial charge >= 0.3 is 0 Å². The number of anilines is 1. The number of benzene rings is 1. The van der Waals surface area contributed by atoms with E-state index in [1.165, 1.54) is 0 Å². The largest absolute Gasteiger partial charge is 0.497 e. The number of carbonyl (C=O) groups excluding carboxylic acids is 1. The van der Waals surface area contributed by atoms with E-state index in [-0.39, 0.29) is 11.8 Å². The lowest BCUT2D eigenvalue weighted by Crippen LogP contribution is -2.50. The normalized spacial score (nSPS) is 14.5. The number of hydrogen-bond donors (Lipinski definition) is 0. The minimum Gasteiger partial charge on any atom is -0.497 e. The summed E-state index contributed by atoms with van der Waals surface area (Å²) in [7, 11) is 3.27. The zero-order chi connectivity index (χ0) is 22.0. The van der Waals surface area contributed by atoms with Crippen molar-refractivity contribution < 1.29 is 14.3 Å². The number of nitrogens with zero attached hydrogens (tertiary/aromatic N) is 6. The van der Waals surface area contributed by atoms with Gasteiger partial charge < -0.3 is 19.3 Å². The van der Waals surface area contributed by atoms with Crippen LogP contribution < -0.4 is 9.64 Å². The van der Waals surface area contributed by atoms with Crippen molar-refractivity contribution >= 4 is 22.8 Å². The maximum Gasteiger partial charge on any atom is 0.225 e. The monoisotopic (exact) mass is 424 g/mol. The quantitative estimate of drug-likeness (QED) is 0.600. The molecular weight excluding hydrogens is 396 g/mol. The predicted molar refractivity (Wildman–Crippen MR) is 118 cm³/mol. The zero-order valence-electron chi connectivity index (χ0n) is 18.4. The van der Waals surface area contributed by atoms with Crippen LogP contribution in [0.5, 0.6) is 5.75 Å². The van der Waals surface area contributed by atoms with Gasteiger partial charge in [0.25, 0.3) is 0 Å². The summed E-state index contributed by atoms with van der Waals surface area (Å²) in [5.74, 6) is 2.41. The van der Waals surface area contributed by atoms with Crippen molar-refractivity contribution in [2.24, 2.45) is 5.92 Å². The summed E-state index contributed by atoms with van der Waals surface area (Å²) in [6, 6.07) is 7.68. The Balaban J connectivity index is 1.69. The molecule has 1 fully saturated rings. The Morgan fingerprint density at radius 1 is 1.06 bits per heavy atom. The molecule has 0 N–H and O–H groups in total. The molecule has 3 aromatic rings. The molecule has 31 heavy (non-hydrogen) atoms. The van der Waals surface area contributed by atoms with Crippen molar-refractivity contribution in [2.45, 2.75) is 20.5 Å². The molecule has 0 unspecified atom stereocenters. The smallest absolute Gasteiger partial charge is 0.225 e. The molecule has 1 amide bonds. The van der Waals surface area contributed by atoms with Crippen LogP contribution in [0.3, 0.4) is 0 Å². The average molecular weight is 425 g/mol. The second-order valence-corrected chi connectivity index (χ2v) is 7.86. The van der Waals surface area contributed by atoms with Gasteiger partial charge in [-0.05, 0) is 24.3 Å². The van der Waals surface area contributed by atoms with E-state index in [4.69, 9.17) is 19.4 Å². The first-order valence-corrected chi connectivity index (χ1v) is 10.4. The molecule has 4 rings (SSSR count). The van der Waals surface area contributed by atoms with Gasteiger partial charge in [-0.1, -0.05) is 13.8 Å². The fraction of sp³-hybridized carbons (Fsp3) is 0.455. The van der Waals surface area contributed by atoms with Gasteiger partial charge in [0.1, 0.15) is 18.2 Å². The lowest BCUT2D eigenvalue weighted by molar-refractivity contribution is -0.134. The molecule has 9 nitrogen and oxygen atoms in total. The number of ether oxygens (including phenoxy) is 2. The minimum absolute atomic E-state index is 0.00772. The number of amides is 1. The molecule has 164 valence electrons. The standard InChI is InChI=1S/C22H28N6O3/c1-15(2)22(29)27-11-9-26(10-12-27)20-18-13-23-28(16-5-7-17(31-4)8-6-16)21(18)25-19(24-20)14-30-3/h5-8,13,15H,9-12,14H2,1-4H3. The van der Waals surface area contributed by atoms with E-state index >= 15 is 0 Å². The van der Waals surface area contributed by atoms with E-state index < -0.39 is 0 Å². The Kier molecular flexibility index (Phi) is 6.03. The second kappa shape index (κ2) is 8.89. The van der Waals surface area contributed by atoms with Crippen LogP contribution in [0.15, 0.2) is 30.5 Å². The Morgan fingerprint density at radius 2 is 1.77 bits per heavy atom. The number of aromatic nitrogens is 4. The van der Waals surface area contributed by atoms with E-state index in [1.807, 2.05) is 43.0 Å². The highest BCUT2D eigenvalue weighted by Gasteiger charge is 2.26. The maximum absolute atomic E-state index is 12.3. The number of hydrogen-bond acceptors (Lipinski definition) is 7. The van der Waals surface area contributed by atoms with E-state index in [2.05, 4.69) is 10.00 Å². The van der Waals surface area contributed by atoms with E-state index in [0.717, 1.165) is 28.3 Å². The van der Waals surface area contributed by atoms with Gasteiger partial charge in [0.05, 0.1) is 24.4 Å². The fourth-order valence-electron chi connectivity index (χ4n) is 3.79. The maximum atomic E-state index is 12.3. The predicted octanol–water partition coefficient (Wildman–Crippen LogP) is 2.28. The summed E-state index contributed by atoms with van der Waals surface area (Å²) in [4.78, 5) is 25.9. The third-order valence-corrected chi connectivity index (χ3v) is 5.43. The number of carbonyl (C=O) groups is 1. The molecule has 0 spiro atoms. The molecule has 1 aliphatic heterocycles. The molecular formula is C22H28N6O3. The molecule has 2 aromatic heterocycles. The van der Waals surface area contributed by atoms with Gasteiger partial charge in [0.15, 0.2) is 11.5 Å². The molecule has 1 aliphatic rings.